The molecule has 1 spiro atoms. The average Bonchev–Trinajstić information content (AvgIpc) is 3.94. The lowest BCUT2D eigenvalue weighted by Crippen LogP contribution is -2.25. The van der Waals surface area contributed by atoms with E-state index >= 15 is 0 Å². The van der Waals surface area contributed by atoms with E-state index in [-0.39, 0.29) is 5.41 Å². The molecule has 0 saturated carbocycles. The molecule has 1 heterocycles. The van der Waals surface area contributed by atoms with Crippen LogP contribution in [0.15, 0.2) is 231 Å². The third kappa shape index (κ3) is 4.79. The van der Waals surface area contributed by atoms with Crippen molar-refractivity contribution in [1.82, 2.24) is 4.57 Å². The maximum atomic E-state index is 2.47. The lowest BCUT2D eigenvalue weighted by atomic mass is 9.70. The topological polar surface area (TPSA) is 8.17 Å². The SMILES string of the molecule is c1ccc(-c2ccc(N(c3ccc4c(c3)c3ccccc3n4-c3ccc4c(c3)-c3ccccc3C43c4ccccc4-c4ccccc43)c3cccc4ccccc34)cc2)cc1. The van der Waals surface area contributed by atoms with E-state index in [1.165, 1.54) is 88.2 Å². The highest BCUT2D eigenvalue weighted by Crippen LogP contribution is 2.63. The summed E-state index contributed by atoms with van der Waals surface area (Å²) in [5.74, 6) is 0. The molecule has 0 radical (unpaired) electrons. The Morgan fingerprint density at radius 3 is 1.61 bits per heavy atom. The van der Waals surface area contributed by atoms with E-state index in [0.717, 1.165) is 22.7 Å². The highest BCUT2D eigenvalue weighted by atomic mass is 15.1. The Hall–Kier alpha value is -7.94. The van der Waals surface area contributed by atoms with Gasteiger partial charge in [0.25, 0.3) is 0 Å². The molecule has 61 heavy (non-hydrogen) atoms. The molecular weight excluding hydrogens is 737 g/mol. The molecule has 13 rings (SSSR count). The predicted octanol–water partition coefficient (Wildman–Crippen LogP) is 15.4. The smallest absolute Gasteiger partial charge is 0.0725 e. The van der Waals surface area contributed by atoms with Crippen molar-refractivity contribution in [3.63, 3.8) is 0 Å². The summed E-state index contributed by atoms with van der Waals surface area (Å²) in [6, 6.07) is 85.2. The summed E-state index contributed by atoms with van der Waals surface area (Å²) in [7, 11) is 0. The van der Waals surface area contributed by atoms with E-state index < -0.39 is 0 Å². The quantitative estimate of drug-likeness (QED) is 0.169. The second kappa shape index (κ2) is 13.0. The molecule has 11 aromatic rings. The zero-order chi connectivity index (χ0) is 40.1. The van der Waals surface area contributed by atoms with Gasteiger partial charge in [-0.1, -0.05) is 176 Å². The van der Waals surface area contributed by atoms with Crippen molar-refractivity contribution in [2.45, 2.75) is 5.41 Å². The van der Waals surface area contributed by atoms with Gasteiger partial charge in [-0.15, -0.1) is 0 Å². The van der Waals surface area contributed by atoms with Crippen LogP contribution in [-0.2, 0) is 5.41 Å². The summed E-state index contributed by atoms with van der Waals surface area (Å²) in [6.45, 7) is 0. The number of aromatic nitrogens is 1. The molecular formula is C59H38N2. The molecule has 0 fully saturated rings. The van der Waals surface area contributed by atoms with Crippen molar-refractivity contribution in [1.29, 1.82) is 0 Å². The minimum atomic E-state index is -0.363. The number of anilines is 3. The molecule has 0 amide bonds. The van der Waals surface area contributed by atoms with Crippen LogP contribution in [0.25, 0.3) is 71.6 Å². The van der Waals surface area contributed by atoms with Crippen molar-refractivity contribution < 1.29 is 0 Å². The van der Waals surface area contributed by atoms with Crippen LogP contribution in [-0.4, -0.2) is 4.57 Å². The monoisotopic (exact) mass is 774 g/mol. The van der Waals surface area contributed by atoms with Gasteiger partial charge in [0, 0.05) is 33.2 Å². The zero-order valence-electron chi connectivity index (χ0n) is 33.3. The normalized spacial score (nSPS) is 13.0. The van der Waals surface area contributed by atoms with Crippen LogP contribution in [0.2, 0.25) is 0 Å². The van der Waals surface area contributed by atoms with E-state index in [1.807, 2.05) is 0 Å². The van der Waals surface area contributed by atoms with Gasteiger partial charge in [-0.25, -0.2) is 0 Å². The summed E-state index contributed by atoms with van der Waals surface area (Å²) in [5.41, 5.74) is 19.6. The minimum Gasteiger partial charge on any atom is -0.310 e. The molecule has 2 nitrogen and oxygen atoms in total. The summed E-state index contributed by atoms with van der Waals surface area (Å²) in [6.07, 6.45) is 0. The second-order valence-corrected chi connectivity index (χ2v) is 16.4. The van der Waals surface area contributed by atoms with Gasteiger partial charge in [-0.05, 0) is 116 Å². The van der Waals surface area contributed by atoms with Gasteiger partial charge in [0.1, 0.15) is 0 Å². The van der Waals surface area contributed by atoms with Gasteiger partial charge in [0.05, 0.1) is 22.1 Å². The number of rotatable bonds is 5. The Bertz CT molecular complexity index is 3490. The first-order chi connectivity index (χ1) is 30.3. The molecule has 0 bridgehead atoms. The second-order valence-electron chi connectivity index (χ2n) is 16.4. The van der Waals surface area contributed by atoms with Gasteiger partial charge < -0.3 is 9.47 Å². The molecule has 10 aromatic carbocycles. The number of fused-ring (bicyclic) bond motifs is 14. The Morgan fingerprint density at radius 2 is 0.869 bits per heavy atom. The van der Waals surface area contributed by atoms with E-state index in [9.17, 15) is 0 Å². The summed E-state index contributed by atoms with van der Waals surface area (Å²) in [4.78, 5) is 2.42. The fourth-order valence-corrected chi connectivity index (χ4v) is 10.9. The lowest BCUT2D eigenvalue weighted by molar-refractivity contribution is 0.793. The van der Waals surface area contributed by atoms with Crippen molar-refractivity contribution in [3.8, 4) is 39.1 Å². The fourth-order valence-electron chi connectivity index (χ4n) is 10.9. The van der Waals surface area contributed by atoms with Crippen molar-refractivity contribution in [3.05, 3.63) is 253 Å². The third-order valence-corrected chi connectivity index (χ3v) is 13.4. The van der Waals surface area contributed by atoms with Gasteiger partial charge in [0.2, 0.25) is 0 Å². The summed E-state index contributed by atoms with van der Waals surface area (Å²) >= 11 is 0. The maximum Gasteiger partial charge on any atom is 0.0725 e. The van der Waals surface area contributed by atoms with Gasteiger partial charge in [-0.3, -0.25) is 0 Å². The first kappa shape index (κ1) is 34.0. The van der Waals surface area contributed by atoms with Crippen LogP contribution in [0.4, 0.5) is 17.1 Å². The van der Waals surface area contributed by atoms with Crippen LogP contribution < -0.4 is 4.90 Å². The number of nitrogens with zero attached hydrogens (tertiary/aromatic N) is 2. The van der Waals surface area contributed by atoms with Crippen molar-refractivity contribution >= 4 is 49.6 Å². The number of hydrogen-bond acceptors (Lipinski definition) is 1. The Kier molecular flexibility index (Phi) is 7.26. The molecule has 2 aliphatic rings. The van der Waals surface area contributed by atoms with Crippen molar-refractivity contribution in [2.75, 3.05) is 4.90 Å². The predicted molar refractivity (Wildman–Crippen MR) is 255 cm³/mol. The molecule has 0 unspecified atom stereocenters. The van der Waals surface area contributed by atoms with Crippen LogP contribution in [0.3, 0.4) is 0 Å². The van der Waals surface area contributed by atoms with Crippen LogP contribution in [0.1, 0.15) is 22.3 Å². The van der Waals surface area contributed by atoms with E-state index in [4.69, 9.17) is 0 Å². The molecule has 0 atom stereocenters. The van der Waals surface area contributed by atoms with E-state index in [1.54, 1.807) is 0 Å². The Labute approximate surface area is 354 Å². The summed E-state index contributed by atoms with van der Waals surface area (Å²) in [5, 5.41) is 4.87. The number of hydrogen-bond donors (Lipinski definition) is 0. The van der Waals surface area contributed by atoms with Crippen molar-refractivity contribution in [2.24, 2.45) is 0 Å². The standard InChI is InChI=1S/C59H38N2/c1-2-15-39(16-3-1)40-29-31-42(32-30-40)60(56-28-14-18-41-17-4-5-19-45(41)56)43-34-36-58-51(38-43)49-23-9-13-27-57(49)61(58)44-33-35-55-50(37-44)48-22-8-12-26-54(48)59(55)52-24-10-6-20-46(52)47-21-7-11-25-53(47)59/h1-38H. The van der Waals surface area contributed by atoms with E-state index in [2.05, 4.69) is 240 Å². The number of benzene rings is 10. The third-order valence-electron chi connectivity index (χ3n) is 13.4. The van der Waals surface area contributed by atoms with Crippen LogP contribution >= 0.6 is 0 Å². The fraction of sp³-hybridized carbons (Fsp3) is 0.0169. The molecule has 2 aliphatic carbocycles. The average molecular weight is 775 g/mol. The largest absolute Gasteiger partial charge is 0.310 e. The lowest BCUT2D eigenvalue weighted by Gasteiger charge is -2.30. The van der Waals surface area contributed by atoms with Gasteiger partial charge in [0.15, 0.2) is 0 Å². The molecule has 284 valence electrons. The molecule has 0 N–H and O–H groups in total. The molecule has 0 saturated heterocycles. The van der Waals surface area contributed by atoms with Crippen LogP contribution in [0.5, 0.6) is 0 Å². The molecule has 0 aliphatic heterocycles. The minimum absolute atomic E-state index is 0.363. The maximum absolute atomic E-state index is 2.47. The Balaban J connectivity index is 1.01. The van der Waals surface area contributed by atoms with Crippen LogP contribution in [0, 0.1) is 0 Å². The van der Waals surface area contributed by atoms with E-state index in [0.29, 0.717) is 0 Å². The van der Waals surface area contributed by atoms with Gasteiger partial charge >= 0.3 is 0 Å². The highest BCUT2D eigenvalue weighted by Gasteiger charge is 2.51. The number of para-hydroxylation sites is 1. The zero-order valence-corrected chi connectivity index (χ0v) is 33.3. The molecule has 2 heteroatoms. The molecule has 1 aromatic heterocycles. The van der Waals surface area contributed by atoms with Gasteiger partial charge in [-0.2, -0.15) is 0 Å². The summed E-state index contributed by atoms with van der Waals surface area (Å²) < 4.78 is 2.47. The first-order valence-corrected chi connectivity index (χ1v) is 21.2. The Morgan fingerprint density at radius 1 is 0.328 bits per heavy atom. The first-order valence-electron chi connectivity index (χ1n) is 21.2. The highest BCUT2D eigenvalue weighted by molar-refractivity contribution is 6.11.